The van der Waals surface area contributed by atoms with Crippen LogP contribution in [0.1, 0.15) is 42.4 Å². The fourth-order valence-electron chi connectivity index (χ4n) is 2.17. The standard InChI is InChI=1S/C17H20F2N2O2/c1-10(2)16-20-11(3)14(6-7-22)17(21-16)23-9-12-8-13(18)4-5-15(12)19/h4-5,8,10,22H,6-7,9H2,1-3H3. The largest absolute Gasteiger partial charge is 0.472 e. The van der Waals surface area contributed by atoms with E-state index in [1.165, 1.54) is 0 Å². The summed E-state index contributed by atoms with van der Waals surface area (Å²) >= 11 is 0. The van der Waals surface area contributed by atoms with E-state index < -0.39 is 11.6 Å². The van der Waals surface area contributed by atoms with Crippen molar-refractivity contribution in [2.75, 3.05) is 6.61 Å². The lowest BCUT2D eigenvalue weighted by atomic mass is 10.1. The van der Waals surface area contributed by atoms with Gasteiger partial charge >= 0.3 is 0 Å². The summed E-state index contributed by atoms with van der Waals surface area (Å²) in [7, 11) is 0. The lowest BCUT2D eigenvalue weighted by Gasteiger charge is -2.15. The Kier molecular flexibility index (Phi) is 5.60. The molecule has 0 radical (unpaired) electrons. The number of aromatic nitrogens is 2. The zero-order valence-electron chi connectivity index (χ0n) is 13.4. The SMILES string of the molecule is Cc1nc(C(C)C)nc(OCc2cc(F)ccc2F)c1CCO. The molecule has 124 valence electrons. The number of rotatable bonds is 6. The van der Waals surface area contributed by atoms with Gasteiger partial charge in [0.05, 0.1) is 0 Å². The second-order valence-corrected chi connectivity index (χ2v) is 5.60. The third-order valence-corrected chi connectivity index (χ3v) is 3.44. The summed E-state index contributed by atoms with van der Waals surface area (Å²) < 4.78 is 32.5. The Balaban J connectivity index is 2.31. The Morgan fingerprint density at radius 1 is 1.22 bits per heavy atom. The minimum Gasteiger partial charge on any atom is -0.472 e. The van der Waals surface area contributed by atoms with Crippen LogP contribution < -0.4 is 4.74 Å². The number of halogens is 2. The van der Waals surface area contributed by atoms with E-state index in [2.05, 4.69) is 9.97 Å². The van der Waals surface area contributed by atoms with Gasteiger partial charge in [-0.25, -0.2) is 13.8 Å². The van der Waals surface area contributed by atoms with Crippen LogP contribution in [0.2, 0.25) is 0 Å². The molecule has 0 saturated carbocycles. The lowest BCUT2D eigenvalue weighted by Crippen LogP contribution is -2.10. The van der Waals surface area contributed by atoms with Crippen LogP contribution >= 0.6 is 0 Å². The molecule has 0 amide bonds. The van der Waals surface area contributed by atoms with E-state index in [1.807, 2.05) is 20.8 Å². The van der Waals surface area contributed by atoms with Crippen molar-refractivity contribution in [2.45, 2.75) is 39.7 Å². The average molecular weight is 322 g/mol. The molecule has 0 aliphatic carbocycles. The highest BCUT2D eigenvalue weighted by Gasteiger charge is 2.15. The fraction of sp³-hybridized carbons (Fsp3) is 0.412. The van der Waals surface area contributed by atoms with Gasteiger partial charge in [0.15, 0.2) is 0 Å². The Morgan fingerprint density at radius 2 is 1.96 bits per heavy atom. The number of aliphatic hydroxyl groups is 1. The van der Waals surface area contributed by atoms with Crippen molar-refractivity contribution >= 4 is 0 Å². The maximum absolute atomic E-state index is 13.7. The van der Waals surface area contributed by atoms with E-state index >= 15 is 0 Å². The van der Waals surface area contributed by atoms with Crippen LogP contribution in [-0.2, 0) is 13.0 Å². The molecule has 1 aromatic heterocycles. The number of hydrogen-bond donors (Lipinski definition) is 1. The second-order valence-electron chi connectivity index (χ2n) is 5.60. The van der Waals surface area contributed by atoms with Gasteiger partial charge in [0.1, 0.15) is 24.1 Å². The van der Waals surface area contributed by atoms with E-state index in [-0.39, 0.29) is 24.7 Å². The molecule has 0 saturated heterocycles. The van der Waals surface area contributed by atoms with Gasteiger partial charge in [-0.05, 0) is 25.1 Å². The zero-order valence-corrected chi connectivity index (χ0v) is 13.4. The van der Waals surface area contributed by atoms with Gasteiger partial charge in [0.25, 0.3) is 0 Å². The van der Waals surface area contributed by atoms with Gasteiger partial charge in [0.2, 0.25) is 5.88 Å². The van der Waals surface area contributed by atoms with Crippen LogP contribution in [0.25, 0.3) is 0 Å². The third-order valence-electron chi connectivity index (χ3n) is 3.44. The highest BCUT2D eigenvalue weighted by molar-refractivity contribution is 5.32. The highest BCUT2D eigenvalue weighted by atomic mass is 19.1. The summed E-state index contributed by atoms with van der Waals surface area (Å²) in [5.74, 6) is -0.0461. The molecule has 2 aromatic rings. The van der Waals surface area contributed by atoms with Gasteiger partial charge in [-0.2, -0.15) is 4.98 Å². The zero-order chi connectivity index (χ0) is 17.0. The molecular formula is C17H20F2N2O2. The second kappa shape index (κ2) is 7.46. The van der Waals surface area contributed by atoms with Gasteiger partial charge in [-0.3, -0.25) is 0 Å². The summed E-state index contributed by atoms with van der Waals surface area (Å²) in [6.45, 7) is 5.51. The summed E-state index contributed by atoms with van der Waals surface area (Å²) in [5, 5.41) is 9.19. The molecule has 0 fully saturated rings. The highest BCUT2D eigenvalue weighted by Crippen LogP contribution is 2.24. The molecule has 6 heteroatoms. The molecule has 1 N–H and O–H groups in total. The first kappa shape index (κ1) is 17.3. The van der Waals surface area contributed by atoms with Crippen molar-refractivity contribution in [2.24, 2.45) is 0 Å². The number of nitrogens with zero attached hydrogens (tertiary/aromatic N) is 2. The summed E-state index contributed by atoms with van der Waals surface area (Å²) in [6.07, 6.45) is 0.338. The lowest BCUT2D eigenvalue weighted by molar-refractivity contribution is 0.270. The topological polar surface area (TPSA) is 55.2 Å². The summed E-state index contributed by atoms with van der Waals surface area (Å²) in [4.78, 5) is 8.76. The number of ether oxygens (including phenoxy) is 1. The maximum Gasteiger partial charge on any atom is 0.220 e. The molecule has 4 nitrogen and oxygen atoms in total. The monoisotopic (exact) mass is 322 g/mol. The Morgan fingerprint density at radius 3 is 2.61 bits per heavy atom. The molecule has 0 aliphatic rings. The minimum atomic E-state index is -0.537. The molecule has 0 atom stereocenters. The van der Waals surface area contributed by atoms with Crippen molar-refractivity contribution in [1.29, 1.82) is 0 Å². The Bertz CT molecular complexity index is 691. The predicted molar refractivity (Wildman–Crippen MR) is 82.3 cm³/mol. The summed E-state index contributed by atoms with van der Waals surface area (Å²) in [6, 6.07) is 3.22. The van der Waals surface area contributed by atoms with Crippen molar-refractivity contribution in [3.63, 3.8) is 0 Å². The van der Waals surface area contributed by atoms with Crippen molar-refractivity contribution < 1.29 is 18.6 Å². The van der Waals surface area contributed by atoms with Crippen LogP contribution in [0.4, 0.5) is 8.78 Å². The van der Waals surface area contributed by atoms with Crippen LogP contribution in [0.3, 0.4) is 0 Å². The molecule has 1 heterocycles. The molecular weight excluding hydrogens is 302 g/mol. The Hall–Kier alpha value is -2.08. The van der Waals surface area contributed by atoms with E-state index in [9.17, 15) is 13.9 Å². The molecule has 0 aliphatic heterocycles. The molecule has 0 unspecified atom stereocenters. The average Bonchev–Trinajstić information content (AvgIpc) is 2.50. The van der Waals surface area contributed by atoms with E-state index in [1.54, 1.807) is 0 Å². The first-order chi connectivity index (χ1) is 10.9. The number of aliphatic hydroxyl groups excluding tert-OH is 1. The number of aryl methyl sites for hydroxylation is 1. The van der Waals surface area contributed by atoms with Crippen molar-refractivity contribution in [3.8, 4) is 5.88 Å². The molecule has 0 bridgehead atoms. The molecule has 2 rings (SSSR count). The van der Waals surface area contributed by atoms with Crippen LogP contribution in [0.15, 0.2) is 18.2 Å². The van der Waals surface area contributed by atoms with E-state index in [4.69, 9.17) is 4.74 Å². The molecule has 0 spiro atoms. The first-order valence-corrected chi connectivity index (χ1v) is 7.47. The fourth-order valence-corrected chi connectivity index (χ4v) is 2.17. The van der Waals surface area contributed by atoms with Gasteiger partial charge in [0, 0.05) is 35.8 Å². The van der Waals surface area contributed by atoms with Gasteiger partial charge in [-0.15, -0.1) is 0 Å². The molecule has 23 heavy (non-hydrogen) atoms. The molecule has 1 aromatic carbocycles. The predicted octanol–water partition coefficient (Wildman–Crippen LogP) is 3.30. The Labute approximate surface area is 134 Å². The van der Waals surface area contributed by atoms with E-state index in [0.29, 0.717) is 29.4 Å². The van der Waals surface area contributed by atoms with Crippen molar-refractivity contribution in [1.82, 2.24) is 9.97 Å². The number of hydrogen-bond acceptors (Lipinski definition) is 4. The van der Waals surface area contributed by atoms with E-state index in [0.717, 1.165) is 18.2 Å². The van der Waals surface area contributed by atoms with Crippen LogP contribution in [0, 0.1) is 18.6 Å². The normalized spacial score (nSPS) is 11.1. The smallest absolute Gasteiger partial charge is 0.220 e. The first-order valence-electron chi connectivity index (χ1n) is 7.47. The third kappa shape index (κ3) is 4.22. The number of benzene rings is 1. The van der Waals surface area contributed by atoms with Crippen LogP contribution in [-0.4, -0.2) is 21.7 Å². The minimum absolute atomic E-state index is 0.0735. The maximum atomic E-state index is 13.7. The quantitative estimate of drug-likeness (QED) is 0.886. The van der Waals surface area contributed by atoms with Crippen LogP contribution in [0.5, 0.6) is 5.88 Å². The van der Waals surface area contributed by atoms with Crippen molar-refractivity contribution in [3.05, 3.63) is 52.5 Å². The van der Waals surface area contributed by atoms with Gasteiger partial charge < -0.3 is 9.84 Å². The summed E-state index contributed by atoms with van der Waals surface area (Å²) in [5.41, 5.74) is 1.50. The van der Waals surface area contributed by atoms with Gasteiger partial charge in [-0.1, -0.05) is 13.8 Å².